The number of alkyl halides is 3. The van der Waals surface area contributed by atoms with E-state index in [0.717, 1.165) is 5.19 Å². The van der Waals surface area contributed by atoms with Crippen molar-refractivity contribution >= 4 is 28.6 Å². The molecule has 0 unspecified atom stereocenters. The Bertz CT molecular complexity index is 787. The number of benzene rings is 2. The fourth-order valence-corrected chi connectivity index (χ4v) is 5.38. The second kappa shape index (κ2) is 6.01. The number of rotatable bonds is 4. The maximum atomic E-state index is 12.6. The summed E-state index contributed by atoms with van der Waals surface area (Å²) in [5.41, 5.74) is -5.46. The highest BCUT2D eigenvalue weighted by Crippen LogP contribution is 2.27. The molecule has 0 aliphatic rings. The summed E-state index contributed by atoms with van der Waals surface area (Å²) < 4.78 is 64.7. The molecule has 23 heavy (non-hydrogen) atoms. The Balaban J connectivity index is 2.51. The summed E-state index contributed by atoms with van der Waals surface area (Å²) in [7, 11) is -8.11. The van der Waals surface area contributed by atoms with Crippen molar-refractivity contribution in [3.8, 4) is 5.75 Å². The average molecular weight is 360 g/mol. The molecule has 0 atom stereocenters. The lowest BCUT2D eigenvalue weighted by Gasteiger charge is -2.26. The van der Waals surface area contributed by atoms with E-state index in [1.165, 1.54) is 12.1 Å². The number of hydrogen-bond donors (Lipinski definition) is 0. The van der Waals surface area contributed by atoms with Crippen LogP contribution in [0.1, 0.15) is 0 Å². The van der Waals surface area contributed by atoms with Crippen LogP contribution < -0.4 is 14.6 Å². The van der Waals surface area contributed by atoms with E-state index >= 15 is 0 Å². The van der Waals surface area contributed by atoms with Crippen LogP contribution in [0.3, 0.4) is 0 Å². The van der Waals surface area contributed by atoms with Crippen LogP contribution in [-0.2, 0) is 10.1 Å². The van der Waals surface area contributed by atoms with Crippen LogP contribution in [0.4, 0.5) is 13.2 Å². The second-order valence-electron chi connectivity index (χ2n) is 5.47. The molecule has 0 saturated heterocycles. The van der Waals surface area contributed by atoms with Gasteiger partial charge in [0.1, 0.15) is 13.8 Å². The van der Waals surface area contributed by atoms with Gasteiger partial charge in [0, 0.05) is 0 Å². The maximum Gasteiger partial charge on any atom is 0.534 e. The highest BCUT2D eigenvalue weighted by Gasteiger charge is 2.49. The number of hydrogen-bond acceptors (Lipinski definition) is 3. The average Bonchev–Trinajstić information content (AvgIpc) is 2.47. The van der Waals surface area contributed by atoms with Gasteiger partial charge in [0.25, 0.3) is 0 Å². The van der Waals surface area contributed by atoms with Gasteiger partial charge in [0.2, 0.25) is 0 Å². The van der Waals surface area contributed by atoms with Gasteiger partial charge in [-0.3, -0.25) is 0 Å². The molecule has 0 aliphatic carbocycles. The van der Waals surface area contributed by atoms with Crippen molar-refractivity contribution < 1.29 is 25.8 Å². The Kier molecular flexibility index (Phi) is 4.58. The highest BCUT2D eigenvalue weighted by molar-refractivity contribution is 7.88. The van der Waals surface area contributed by atoms with Gasteiger partial charge in [-0.2, -0.15) is 21.6 Å². The molecule has 0 fully saturated rings. The lowest BCUT2D eigenvalue weighted by atomic mass is 10.3. The molecule has 2 aromatic carbocycles. The molecule has 0 saturated carbocycles. The van der Waals surface area contributed by atoms with Crippen molar-refractivity contribution in [2.75, 3.05) is 0 Å². The molecule has 0 spiro atoms. The normalized spacial score (nSPS) is 12.9. The summed E-state index contributed by atoms with van der Waals surface area (Å²) in [5, 5.41) is 1.44. The largest absolute Gasteiger partial charge is 0.534 e. The standard InChI is InChI=1S/C15H15F3O3SSi/c1-23(2,12-8-4-3-5-9-12)14-11-7-6-10-13(14)21-22(19,20)15(16,17)18/h3-11H,1-2H3. The van der Waals surface area contributed by atoms with E-state index in [4.69, 9.17) is 0 Å². The first-order valence-electron chi connectivity index (χ1n) is 6.71. The molecule has 2 aromatic rings. The first-order valence-corrected chi connectivity index (χ1v) is 11.1. The molecular formula is C15H15F3O3SSi. The predicted molar refractivity (Wildman–Crippen MR) is 85.2 cm³/mol. The molecule has 0 amide bonds. The third kappa shape index (κ3) is 3.58. The van der Waals surface area contributed by atoms with Crippen molar-refractivity contribution in [1.29, 1.82) is 0 Å². The minimum atomic E-state index is -5.69. The van der Waals surface area contributed by atoms with Crippen LogP contribution in [0.25, 0.3) is 0 Å². The Labute approximate surface area is 133 Å². The monoisotopic (exact) mass is 360 g/mol. The summed E-state index contributed by atoms with van der Waals surface area (Å²) in [6, 6.07) is 15.2. The minimum absolute atomic E-state index is 0.273. The zero-order chi connectivity index (χ0) is 17.3. The van der Waals surface area contributed by atoms with Crippen LogP contribution in [0, 0.1) is 0 Å². The molecular weight excluding hydrogens is 345 g/mol. The highest BCUT2D eigenvalue weighted by atomic mass is 32.2. The van der Waals surface area contributed by atoms with Crippen LogP contribution >= 0.6 is 0 Å². The van der Waals surface area contributed by atoms with Crippen molar-refractivity contribution in [2.45, 2.75) is 18.6 Å². The lowest BCUT2D eigenvalue weighted by Crippen LogP contribution is -2.53. The van der Waals surface area contributed by atoms with Gasteiger partial charge >= 0.3 is 15.6 Å². The van der Waals surface area contributed by atoms with E-state index in [2.05, 4.69) is 4.18 Å². The zero-order valence-electron chi connectivity index (χ0n) is 12.5. The molecule has 0 radical (unpaired) electrons. The van der Waals surface area contributed by atoms with Crippen molar-refractivity contribution in [2.24, 2.45) is 0 Å². The molecule has 0 aliphatic heterocycles. The fraction of sp³-hybridized carbons (Fsp3) is 0.200. The van der Waals surface area contributed by atoms with E-state index in [1.54, 1.807) is 12.1 Å². The smallest absolute Gasteiger partial charge is 0.376 e. The third-order valence-electron chi connectivity index (χ3n) is 3.54. The van der Waals surface area contributed by atoms with Crippen LogP contribution in [0.5, 0.6) is 5.75 Å². The van der Waals surface area contributed by atoms with E-state index in [0.29, 0.717) is 5.19 Å². The van der Waals surface area contributed by atoms with E-state index in [9.17, 15) is 21.6 Å². The zero-order valence-corrected chi connectivity index (χ0v) is 14.3. The van der Waals surface area contributed by atoms with Crippen molar-refractivity contribution in [3.63, 3.8) is 0 Å². The molecule has 0 heterocycles. The van der Waals surface area contributed by atoms with E-state index in [-0.39, 0.29) is 5.75 Å². The quantitative estimate of drug-likeness (QED) is 0.478. The summed E-state index contributed by atoms with van der Waals surface area (Å²) in [4.78, 5) is 0. The fourth-order valence-electron chi connectivity index (χ4n) is 2.23. The van der Waals surface area contributed by atoms with Gasteiger partial charge in [-0.15, -0.1) is 0 Å². The minimum Gasteiger partial charge on any atom is -0.376 e. The molecule has 8 heteroatoms. The SMILES string of the molecule is C[Si](C)(c1ccccc1)c1ccccc1OS(=O)(=O)C(F)(F)F. The number of para-hydroxylation sites is 1. The van der Waals surface area contributed by atoms with E-state index in [1.807, 2.05) is 43.4 Å². The summed E-state index contributed by atoms with van der Waals surface area (Å²) in [6.07, 6.45) is 0. The van der Waals surface area contributed by atoms with Gasteiger partial charge in [0.05, 0.1) is 0 Å². The molecule has 3 nitrogen and oxygen atoms in total. The first-order chi connectivity index (χ1) is 10.6. The molecule has 0 bridgehead atoms. The van der Waals surface area contributed by atoms with Crippen molar-refractivity contribution in [1.82, 2.24) is 0 Å². The Morgan fingerprint density at radius 3 is 2.00 bits per heavy atom. The molecule has 0 aromatic heterocycles. The van der Waals surface area contributed by atoms with Gasteiger partial charge in [-0.1, -0.05) is 66.8 Å². The summed E-state index contributed by atoms with van der Waals surface area (Å²) in [6.45, 7) is 3.84. The maximum absolute atomic E-state index is 12.6. The summed E-state index contributed by atoms with van der Waals surface area (Å²) in [5.74, 6) is -0.273. The first kappa shape index (κ1) is 17.5. The second-order valence-corrected chi connectivity index (χ2v) is 11.4. The summed E-state index contributed by atoms with van der Waals surface area (Å²) >= 11 is 0. The molecule has 0 N–H and O–H groups in total. The Morgan fingerprint density at radius 1 is 0.913 bits per heavy atom. The van der Waals surface area contributed by atoms with Crippen LogP contribution in [0.2, 0.25) is 13.1 Å². The van der Waals surface area contributed by atoms with Gasteiger partial charge in [-0.05, 0) is 11.3 Å². The molecule has 124 valence electrons. The number of halogens is 3. The Morgan fingerprint density at radius 2 is 1.43 bits per heavy atom. The van der Waals surface area contributed by atoms with E-state index < -0.39 is 23.7 Å². The van der Waals surface area contributed by atoms with Gasteiger partial charge < -0.3 is 4.18 Å². The van der Waals surface area contributed by atoms with Crippen LogP contribution in [-0.4, -0.2) is 22.0 Å². The molecule has 2 rings (SSSR count). The third-order valence-corrected chi connectivity index (χ3v) is 8.04. The van der Waals surface area contributed by atoms with Crippen LogP contribution in [0.15, 0.2) is 54.6 Å². The Hall–Kier alpha value is -1.80. The lowest BCUT2D eigenvalue weighted by molar-refractivity contribution is -0.0499. The van der Waals surface area contributed by atoms with Gasteiger partial charge in [-0.25, -0.2) is 0 Å². The van der Waals surface area contributed by atoms with Crippen molar-refractivity contribution in [3.05, 3.63) is 54.6 Å². The van der Waals surface area contributed by atoms with Gasteiger partial charge in [0.15, 0.2) is 0 Å². The topological polar surface area (TPSA) is 43.4 Å². The predicted octanol–water partition coefficient (Wildman–Crippen LogP) is 2.74.